The summed E-state index contributed by atoms with van der Waals surface area (Å²) in [5, 5.41) is 0. The molecule has 4 heteroatoms. The molecule has 5 rings (SSSR count). The van der Waals surface area contributed by atoms with Crippen molar-refractivity contribution in [3.8, 4) is 0 Å². The van der Waals surface area contributed by atoms with Crippen LogP contribution in [0.25, 0.3) is 0 Å². The Morgan fingerprint density at radius 3 is 2.17 bits per heavy atom. The molecule has 1 amide bonds. The molecule has 1 atom stereocenters. The maximum absolute atomic E-state index is 14.1. The molecular weight excluding hydrogens is 358 g/mol. The number of likely N-dealkylation sites (tertiary alicyclic amines) is 1. The molecule has 29 heavy (non-hydrogen) atoms. The van der Waals surface area contributed by atoms with Crippen molar-refractivity contribution < 1.29 is 4.79 Å². The van der Waals surface area contributed by atoms with Gasteiger partial charge in [-0.25, -0.2) is 0 Å². The van der Waals surface area contributed by atoms with Crippen molar-refractivity contribution in [3.05, 3.63) is 30.3 Å². The number of para-hydroxylation sites is 1. The number of hydrogen-bond donors (Lipinski definition) is 0. The van der Waals surface area contributed by atoms with Crippen LogP contribution >= 0.6 is 0 Å². The minimum absolute atomic E-state index is 0.180. The number of carbonyl (C=O) groups excluding carboxylic acids is 1. The van der Waals surface area contributed by atoms with Crippen LogP contribution in [0.1, 0.15) is 77.0 Å². The molecule has 1 spiro atoms. The molecule has 2 saturated carbocycles. The Balaban J connectivity index is 1.62. The van der Waals surface area contributed by atoms with Gasteiger partial charge in [0.25, 0.3) is 0 Å². The summed E-state index contributed by atoms with van der Waals surface area (Å²) in [5.74, 6) is 1.41. The number of benzene rings is 1. The van der Waals surface area contributed by atoms with Crippen LogP contribution in [0.2, 0.25) is 0 Å². The Morgan fingerprint density at radius 2 is 1.48 bits per heavy atom. The van der Waals surface area contributed by atoms with Crippen LogP contribution < -0.4 is 4.90 Å². The van der Waals surface area contributed by atoms with Gasteiger partial charge in [-0.3, -0.25) is 19.6 Å². The van der Waals surface area contributed by atoms with Crippen molar-refractivity contribution in [3.63, 3.8) is 0 Å². The fourth-order valence-electron chi connectivity index (χ4n) is 6.35. The highest BCUT2D eigenvalue weighted by Crippen LogP contribution is 2.50. The van der Waals surface area contributed by atoms with Crippen molar-refractivity contribution in [2.75, 3.05) is 18.0 Å². The maximum Gasteiger partial charge on any atom is 0.240 e. The molecule has 4 aliphatic rings. The molecule has 2 saturated heterocycles. The lowest BCUT2D eigenvalue weighted by Gasteiger charge is -2.40. The molecule has 2 aliphatic carbocycles. The number of amidine groups is 1. The second-order valence-electron chi connectivity index (χ2n) is 9.62. The third kappa shape index (κ3) is 3.43. The average molecular weight is 394 g/mol. The van der Waals surface area contributed by atoms with E-state index in [4.69, 9.17) is 4.99 Å². The summed E-state index contributed by atoms with van der Waals surface area (Å²) in [5.41, 5.74) is 0.755. The zero-order valence-electron chi connectivity index (χ0n) is 17.7. The highest BCUT2D eigenvalue weighted by molar-refractivity contribution is 6.27. The molecule has 0 unspecified atom stereocenters. The summed E-state index contributed by atoms with van der Waals surface area (Å²) in [4.78, 5) is 24.2. The summed E-state index contributed by atoms with van der Waals surface area (Å²) in [6, 6.07) is 10.9. The molecule has 0 radical (unpaired) electrons. The van der Waals surface area contributed by atoms with Crippen LogP contribution in [-0.4, -0.2) is 41.8 Å². The van der Waals surface area contributed by atoms with Crippen LogP contribution in [0.4, 0.5) is 5.69 Å². The minimum atomic E-state index is -0.258. The zero-order chi connectivity index (χ0) is 19.7. The highest BCUT2D eigenvalue weighted by Gasteiger charge is 2.60. The van der Waals surface area contributed by atoms with Crippen LogP contribution in [0.15, 0.2) is 35.3 Å². The Hall–Kier alpha value is -1.68. The lowest BCUT2D eigenvalue weighted by molar-refractivity contribution is -0.129. The standard InChI is InChI=1S/C25H35N3O/c29-24-25(16-8-3-9-17-25)22(27-18-10-11-19-27)23(26-20-12-4-1-5-13-20)28(24)21-14-6-2-7-15-21/h2,6-7,14-15,20,22H,1,3-5,8-13,16-19H2/t22-/m0/s1. The third-order valence-electron chi connectivity index (χ3n) is 7.78. The van der Waals surface area contributed by atoms with E-state index in [-0.39, 0.29) is 11.5 Å². The fraction of sp³-hybridized carbons (Fsp3) is 0.680. The molecule has 2 aliphatic heterocycles. The van der Waals surface area contributed by atoms with Gasteiger partial charge >= 0.3 is 0 Å². The summed E-state index contributed by atoms with van der Waals surface area (Å²) in [6.07, 6.45) is 14.4. The predicted molar refractivity (Wildman–Crippen MR) is 118 cm³/mol. The Morgan fingerprint density at radius 1 is 0.828 bits per heavy atom. The van der Waals surface area contributed by atoms with E-state index < -0.39 is 0 Å². The van der Waals surface area contributed by atoms with Crippen molar-refractivity contribution in [2.24, 2.45) is 10.4 Å². The maximum atomic E-state index is 14.1. The van der Waals surface area contributed by atoms with Crippen molar-refractivity contribution in [1.82, 2.24) is 4.90 Å². The van der Waals surface area contributed by atoms with Gasteiger partial charge in [-0.2, -0.15) is 0 Å². The van der Waals surface area contributed by atoms with Crippen LogP contribution in [0, 0.1) is 5.41 Å². The second kappa shape index (κ2) is 8.22. The topological polar surface area (TPSA) is 35.9 Å². The van der Waals surface area contributed by atoms with Gasteiger partial charge in [0.15, 0.2) is 0 Å². The SMILES string of the molecule is O=C1N(c2ccccc2)C(=NC2CCCCC2)[C@H](N2CCCC2)C12CCCCC2. The van der Waals surface area contributed by atoms with E-state index >= 15 is 0 Å². The summed E-state index contributed by atoms with van der Waals surface area (Å²) < 4.78 is 0. The molecule has 0 bridgehead atoms. The van der Waals surface area contributed by atoms with E-state index in [1.54, 1.807) is 0 Å². The number of amides is 1. The lowest BCUT2D eigenvalue weighted by atomic mass is 9.69. The highest BCUT2D eigenvalue weighted by atomic mass is 16.2. The third-order valence-corrected chi connectivity index (χ3v) is 7.78. The molecule has 1 aromatic rings. The molecule has 156 valence electrons. The number of rotatable bonds is 3. The molecule has 0 N–H and O–H groups in total. The van der Waals surface area contributed by atoms with E-state index in [9.17, 15) is 4.79 Å². The minimum Gasteiger partial charge on any atom is -0.293 e. The van der Waals surface area contributed by atoms with Gasteiger partial charge in [-0.05, 0) is 63.7 Å². The van der Waals surface area contributed by atoms with Crippen LogP contribution in [0.5, 0.6) is 0 Å². The summed E-state index contributed by atoms with van der Waals surface area (Å²) >= 11 is 0. The summed E-state index contributed by atoms with van der Waals surface area (Å²) in [7, 11) is 0. The van der Waals surface area contributed by atoms with Gasteiger partial charge in [0.1, 0.15) is 5.84 Å². The molecular formula is C25H35N3O. The van der Waals surface area contributed by atoms with Gasteiger partial charge in [0.2, 0.25) is 5.91 Å². The molecule has 4 nitrogen and oxygen atoms in total. The molecule has 0 aromatic heterocycles. The number of anilines is 1. The number of nitrogens with zero attached hydrogens (tertiary/aromatic N) is 3. The molecule has 4 fully saturated rings. The van der Waals surface area contributed by atoms with Gasteiger partial charge in [-0.15, -0.1) is 0 Å². The van der Waals surface area contributed by atoms with Gasteiger partial charge in [-0.1, -0.05) is 56.7 Å². The Bertz CT molecular complexity index is 741. The largest absolute Gasteiger partial charge is 0.293 e. The predicted octanol–water partition coefficient (Wildman–Crippen LogP) is 5.18. The number of carbonyl (C=O) groups is 1. The number of hydrogen-bond acceptors (Lipinski definition) is 3. The van der Waals surface area contributed by atoms with E-state index in [0.717, 1.165) is 37.5 Å². The van der Waals surface area contributed by atoms with Crippen molar-refractivity contribution >= 4 is 17.4 Å². The average Bonchev–Trinajstić information content (AvgIpc) is 3.36. The normalized spacial score (nSPS) is 29.9. The van der Waals surface area contributed by atoms with Crippen molar-refractivity contribution in [2.45, 2.75) is 89.1 Å². The van der Waals surface area contributed by atoms with E-state index in [1.807, 2.05) is 11.0 Å². The Kier molecular flexibility index (Phi) is 5.47. The second-order valence-corrected chi connectivity index (χ2v) is 9.62. The Labute approximate surface area is 175 Å². The first-order chi connectivity index (χ1) is 14.3. The fourth-order valence-corrected chi connectivity index (χ4v) is 6.35. The van der Waals surface area contributed by atoms with Gasteiger partial charge in [0, 0.05) is 0 Å². The molecule has 1 aromatic carbocycles. The smallest absolute Gasteiger partial charge is 0.240 e. The van der Waals surface area contributed by atoms with Crippen molar-refractivity contribution in [1.29, 1.82) is 0 Å². The van der Waals surface area contributed by atoms with Crippen LogP contribution in [-0.2, 0) is 4.79 Å². The first-order valence-electron chi connectivity index (χ1n) is 12.0. The lowest BCUT2D eigenvalue weighted by Crippen LogP contribution is -2.50. The van der Waals surface area contributed by atoms with Gasteiger partial charge in [0.05, 0.1) is 23.2 Å². The van der Waals surface area contributed by atoms with E-state index in [1.165, 1.54) is 64.2 Å². The monoisotopic (exact) mass is 393 g/mol. The quantitative estimate of drug-likeness (QED) is 0.709. The van der Waals surface area contributed by atoms with E-state index in [0.29, 0.717) is 11.9 Å². The number of aliphatic imine (C=N–C) groups is 1. The van der Waals surface area contributed by atoms with Crippen LogP contribution in [0.3, 0.4) is 0 Å². The zero-order valence-corrected chi connectivity index (χ0v) is 17.7. The van der Waals surface area contributed by atoms with Gasteiger partial charge < -0.3 is 0 Å². The first kappa shape index (κ1) is 19.3. The first-order valence-corrected chi connectivity index (χ1v) is 12.0. The summed E-state index contributed by atoms with van der Waals surface area (Å²) in [6.45, 7) is 2.23. The molecule has 2 heterocycles. The van der Waals surface area contributed by atoms with E-state index in [2.05, 4.69) is 29.2 Å².